The summed E-state index contributed by atoms with van der Waals surface area (Å²) in [6.45, 7) is 2.36. The Kier molecular flexibility index (Phi) is 5.29. The molecule has 0 heterocycles. The van der Waals surface area contributed by atoms with E-state index in [1.807, 2.05) is 24.3 Å². The van der Waals surface area contributed by atoms with Crippen molar-refractivity contribution in [1.82, 2.24) is 5.32 Å². The third-order valence-corrected chi connectivity index (χ3v) is 2.32. The minimum Gasteiger partial charge on any atom is -0.496 e. The van der Waals surface area contributed by atoms with Crippen molar-refractivity contribution in [1.29, 1.82) is 0 Å². The lowest BCUT2D eigenvalue weighted by atomic mass is 10.1. The SMILES string of the molecule is CCOC(=O)NC(CN)c1ccccc1OC. The molecule has 1 amide bonds. The lowest BCUT2D eigenvalue weighted by molar-refractivity contribution is 0.148. The highest BCUT2D eigenvalue weighted by molar-refractivity contribution is 5.68. The van der Waals surface area contributed by atoms with Gasteiger partial charge >= 0.3 is 6.09 Å². The highest BCUT2D eigenvalue weighted by Gasteiger charge is 2.16. The molecule has 1 atom stereocenters. The van der Waals surface area contributed by atoms with Crippen molar-refractivity contribution in [2.45, 2.75) is 13.0 Å². The van der Waals surface area contributed by atoms with E-state index in [0.29, 0.717) is 12.4 Å². The number of methoxy groups -OCH3 is 1. The summed E-state index contributed by atoms with van der Waals surface area (Å²) < 4.78 is 10.0. The van der Waals surface area contributed by atoms with Gasteiger partial charge in [0.1, 0.15) is 5.75 Å². The van der Waals surface area contributed by atoms with E-state index in [1.165, 1.54) is 0 Å². The largest absolute Gasteiger partial charge is 0.496 e. The van der Waals surface area contributed by atoms with Gasteiger partial charge < -0.3 is 20.5 Å². The van der Waals surface area contributed by atoms with Crippen LogP contribution in [0.25, 0.3) is 0 Å². The first-order valence-corrected chi connectivity index (χ1v) is 5.49. The van der Waals surface area contributed by atoms with Crippen LogP contribution in [0.1, 0.15) is 18.5 Å². The second-order valence-electron chi connectivity index (χ2n) is 3.40. The average Bonchev–Trinajstić information content (AvgIpc) is 2.36. The van der Waals surface area contributed by atoms with Gasteiger partial charge in [0.15, 0.2) is 0 Å². The van der Waals surface area contributed by atoms with Crippen molar-refractivity contribution in [3.05, 3.63) is 29.8 Å². The zero-order valence-corrected chi connectivity index (χ0v) is 10.1. The van der Waals surface area contributed by atoms with Crippen LogP contribution < -0.4 is 15.8 Å². The van der Waals surface area contributed by atoms with Gasteiger partial charge in [0.2, 0.25) is 0 Å². The highest BCUT2D eigenvalue weighted by atomic mass is 16.5. The molecule has 0 bridgehead atoms. The number of carbonyl (C=O) groups is 1. The quantitative estimate of drug-likeness (QED) is 0.814. The smallest absolute Gasteiger partial charge is 0.407 e. The number of benzene rings is 1. The van der Waals surface area contributed by atoms with Crippen molar-refractivity contribution in [3.8, 4) is 5.75 Å². The van der Waals surface area contributed by atoms with Crippen LogP contribution in [0.15, 0.2) is 24.3 Å². The predicted molar refractivity (Wildman–Crippen MR) is 64.9 cm³/mol. The van der Waals surface area contributed by atoms with Crippen LogP contribution in [-0.4, -0.2) is 26.4 Å². The second kappa shape index (κ2) is 6.75. The molecule has 1 unspecified atom stereocenters. The third kappa shape index (κ3) is 3.64. The molecule has 5 heteroatoms. The van der Waals surface area contributed by atoms with Crippen LogP contribution in [0.3, 0.4) is 0 Å². The Bertz CT molecular complexity index is 369. The molecule has 1 aromatic carbocycles. The fourth-order valence-corrected chi connectivity index (χ4v) is 1.53. The van der Waals surface area contributed by atoms with E-state index in [-0.39, 0.29) is 12.6 Å². The third-order valence-electron chi connectivity index (χ3n) is 2.32. The number of ether oxygens (including phenoxy) is 2. The van der Waals surface area contributed by atoms with E-state index in [0.717, 1.165) is 5.56 Å². The van der Waals surface area contributed by atoms with Gasteiger partial charge in [-0.2, -0.15) is 0 Å². The Labute approximate surface area is 101 Å². The van der Waals surface area contributed by atoms with E-state index in [9.17, 15) is 4.79 Å². The van der Waals surface area contributed by atoms with Gasteiger partial charge in [-0.05, 0) is 13.0 Å². The molecule has 0 aromatic heterocycles. The van der Waals surface area contributed by atoms with Gasteiger partial charge in [0.25, 0.3) is 0 Å². The van der Waals surface area contributed by atoms with E-state index >= 15 is 0 Å². The molecule has 5 nitrogen and oxygen atoms in total. The molecule has 0 saturated heterocycles. The van der Waals surface area contributed by atoms with Crippen LogP contribution in [0, 0.1) is 0 Å². The normalized spacial score (nSPS) is 11.7. The maximum Gasteiger partial charge on any atom is 0.407 e. The van der Waals surface area contributed by atoms with Gasteiger partial charge in [0, 0.05) is 12.1 Å². The van der Waals surface area contributed by atoms with Gasteiger partial charge in [-0.25, -0.2) is 4.79 Å². The van der Waals surface area contributed by atoms with Crippen molar-refractivity contribution < 1.29 is 14.3 Å². The minimum absolute atomic E-state index is 0.277. The predicted octanol–water partition coefficient (Wildman–Crippen LogP) is 1.44. The summed E-state index contributed by atoms with van der Waals surface area (Å²) in [5.41, 5.74) is 6.49. The number of nitrogens with one attached hydrogen (secondary N) is 1. The number of para-hydroxylation sites is 1. The molecule has 3 N–H and O–H groups in total. The number of rotatable bonds is 5. The average molecular weight is 238 g/mol. The molecule has 0 fully saturated rings. The molecule has 0 aliphatic rings. The molecule has 0 saturated carbocycles. The van der Waals surface area contributed by atoms with Crippen LogP contribution in [0.4, 0.5) is 4.79 Å². The van der Waals surface area contributed by atoms with Crippen LogP contribution in [0.5, 0.6) is 5.75 Å². The lowest BCUT2D eigenvalue weighted by Crippen LogP contribution is -2.34. The first-order valence-electron chi connectivity index (χ1n) is 5.49. The minimum atomic E-state index is -0.478. The molecule has 17 heavy (non-hydrogen) atoms. The summed E-state index contributed by atoms with van der Waals surface area (Å²) in [5, 5.41) is 2.69. The summed E-state index contributed by atoms with van der Waals surface area (Å²) in [7, 11) is 1.58. The lowest BCUT2D eigenvalue weighted by Gasteiger charge is -2.19. The molecule has 0 aliphatic carbocycles. The zero-order valence-electron chi connectivity index (χ0n) is 10.1. The van der Waals surface area contributed by atoms with E-state index in [4.69, 9.17) is 15.2 Å². The van der Waals surface area contributed by atoms with Crippen molar-refractivity contribution in [2.24, 2.45) is 5.73 Å². The molecule has 0 spiro atoms. The van der Waals surface area contributed by atoms with Gasteiger partial charge in [-0.3, -0.25) is 0 Å². The summed E-state index contributed by atoms with van der Waals surface area (Å²) in [5.74, 6) is 0.694. The van der Waals surface area contributed by atoms with Gasteiger partial charge in [-0.1, -0.05) is 18.2 Å². The highest BCUT2D eigenvalue weighted by Crippen LogP contribution is 2.23. The Morgan fingerprint density at radius 2 is 2.18 bits per heavy atom. The number of amides is 1. The number of hydrogen-bond acceptors (Lipinski definition) is 4. The Hall–Kier alpha value is -1.75. The molecule has 1 aromatic rings. The molecule has 94 valence electrons. The molecular weight excluding hydrogens is 220 g/mol. The monoisotopic (exact) mass is 238 g/mol. The fraction of sp³-hybridized carbons (Fsp3) is 0.417. The molecule has 1 rings (SSSR count). The number of alkyl carbamates (subject to hydrolysis) is 1. The van der Waals surface area contributed by atoms with Crippen molar-refractivity contribution >= 4 is 6.09 Å². The molecule has 0 radical (unpaired) electrons. The summed E-state index contributed by atoms with van der Waals surface area (Å²) in [6.07, 6.45) is -0.478. The zero-order chi connectivity index (χ0) is 12.7. The van der Waals surface area contributed by atoms with Crippen LogP contribution >= 0.6 is 0 Å². The first kappa shape index (κ1) is 13.3. The Morgan fingerprint density at radius 3 is 2.76 bits per heavy atom. The van der Waals surface area contributed by atoms with Crippen molar-refractivity contribution in [3.63, 3.8) is 0 Å². The topological polar surface area (TPSA) is 73.6 Å². The Balaban J connectivity index is 2.82. The van der Waals surface area contributed by atoms with Gasteiger partial charge in [-0.15, -0.1) is 0 Å². The standard InChI is InChI=1S/C12H18N2O3/c1-3-17-12(15)14-10(8-13)9-6-4-5-7-11(9)16-2/h4-7,10H,3,8,13H2,1-2H3,(H,14,15). The first-order chi connectivity index (χ1) is 8.22. The van der Waals surface area contributed by atoms with E-state index < -0.39 is 6.09 Å². The maximum atomic E-state index is 11.4. The van der Waals surface area contributed by atoms with E-state index in [2.05, 4.69) is 5.32 Å². The van der Waals surface area contributed by atoms with Gasteiger partial charge in [0.05, 0.1) is 19.8 Å². The van der Waals surface area contributed by atoms with E-state index in [1.54, 1.807) is 14.0 Å². The summed E-state index contributed by atoms with van der Waals surface area (Å²) in [4.78, 5) is 11.4. The van der Waals surface area contributed by atoms with Crippen molar-refractivity contribution in [2.75, 3.05) is 20.3 Å². The fourth-order valence-electron chi connectivity index (χ4n) is 1.53. The molecular formula is C12H18N2O3. The van der Waals surface area contributed by atoms with Crippen LogP contribution in [-0.2, 0) is 4.74 Å². The van der Waals surface area contributed by atoms with Crippen LogP contribution in [0.2, 0.25) is 0 Å². The number of carbonyl (C=O) groups excluding carboxylic acids is 1. The molecule has 0 aliphatic heterocycles. The maximum absolute atomic E-state index is 11.4. The number of hydrogen-bond donors (Lipinski definition) is 2. The summed E-state index contributed by atoms with van der Waals surface area (Å²) in [6, 6.07) is 7.10. The number of nitrogens with two attached hydrogens (primary N) is 1. The Morgan fingerprint density at radius 1 is 1.47 bits per heavy atom. The summed E-state index contributed by atoms with van der Waals surface area (Å²) >= 11 is 0. The second-order valence-corrected chi connectivity index (χ2v) is 3.40.